The van der Waals surface area contributed by atoms with Gasteiger partial charge in [-0.25, -0.2) is 0 Å². The van der Waals surface area contributed by atoms with Crippen LogP contribution in [0.25, 0.3) is 0 Å². The number of carbonyl (C=O) groups excluding carboxylic acids is 1. The van der Waals surface area contributed by atoms with Gasteiger partial charge in [0, 0.05) is 0 Å². The van der Waals surface area contributed by atoms with Crippen LogP contribution in [0.3, 0.4) is 0 Å². The van der Waals surface area contributed by atoms with Crippen molar-refractivity contribution in [3.8, 4) is 0 Å². The second-order valence-corrected chi connectivity index (χ2v) is 12.9. The molecule has 0 aliphatic heterocycles. The average Bonchev–Trinajstić information content (AvgIpc) is 2.39. The summed E-state index contributed by atoms with van der Waals surface area (Å²) >= 11 is -1.37. The Morgan fingerprint density at radius 1 is 1.14 bits per heavy atom. The van der Waals surface area contributed by atoms with Crippen LogP contribution in [0.4, 0.5) is 0 Å². The van der Waals surface area contributed by atoms with Crippen LogP contribution < -0.4 is 34.0 Å². The van der Waals surface area contributed by atoms with Crippen LogP contribution in [0.1, 0.15) is 6.42 Å². The Bertz CT molecular complexity index is 217. The molecule has 4 heteroatoms. The molecule has 2 radical (unpaired) electrons. The van der Waals surface area contributed by atoms with E-state index in [2.05, 4.69) is 48.4 Å². The van der Waals surface area contributed by atoms with E-state index in [1.54, 1.807) is 4.51 Å². The van der Waals surface area contributed by atoms with E-state index in [1.165, 1.54) is 6.42 Å². The van der Waals surface area contributed by atoms with Crippen molar-refractivity contribution >= 4 is 6.79 Å². The van der Waals surface area contributed by atoms with Gasteiger partial charge in [0.2, 0.25) is 0 Å². The Kier molecular flexibility index (Phi) is 10.0. The van der Waals surface area contributed by atoms with E-state index >= 15 is 0 Å². The van der Waals surface area contributed by atoms with E-state index in [0.29, 0.717) is 0 Å². The van der Waals surface area contributed by atoms with Crippen LogP contribution in [0.5, 0.6) is 0 Å². The molecule has 0 unspecified atom stereocenters. The first kappa shape index (κ1) is 20.1. The quantitative estimate of drug-likeness (QED) is 0.491. The Balaban J connectivity index is -0.000000284. The van der Waals surface area contributed by atoms with Gasteiger partial charge < -0.3 is 34.0 Å². The zero-order chi connectivity index (χ0) is 9.85. The molecule has 1 rings (SSSR count). The van der Waals surface area contributed by atoms with E-state index in [0.717, 1.165) is 0 Å². The van der Waals surface area contributed by atoms with Crippen molar-refractivity contribution < 1.29 is 50.3 Å². The molecule has 0 fully saturated rings. The summed E-state index contributed by atoms with van der Waals surface area (Å²) in [5.41, 5.74) is 0. The molecule has 0 aromatic heterocycles. The molecule has 0 bridgehead atoms. The van der Waals surface area contributed by atoms with E-state index in [1.807, 2.05) is 0 Å². The van der Waals surface area contributed by atoms with Crippen LogP contribution in [0, 0.1) is 0 Å². The van der Waals surface area contributed by atoms with E-state index < -0.39 is 11.6 Å². The zero-order valence-corrected chi connectivity index (χ0v) is 13.1. The monoisotopic (exact) mass is 370 g/mol. The predicted octanol–water partition coefficient (Wildman–Crippen LogP) is -2.68. The van der Waals surface area contributed by atoms with Gasteiger partial charge in [-0.1, -0.05) is 0 Å². The summed E-state index contributed by atoms with van der Waals surface area (Å²) in [5.74, 6) is 9.62. The maximum atomic E-state index is 7.50. The molecule has 1 aliphatic rings. The van der Waals surface area contributed by atoms with Gasteiger partial charge in [0.05, 0.1) is 0 Å². The average molecular weight is 372 g/mol. The Labute approximate surface area is 109 Å². The van der Waals surface area contributed by atoms with E-state index in [9.17, 15) is 0 Å². The van der Waals surface area contributed by atoms with Crippen molar-refractivity contribution in [1.29, 1.82) is 0 Å². The van der Waals surface area contributed by atoms with Crippen LogP contribution in [0.2, 0.25) is 23.4 Å². The molecule has 14 heavy (non-hydrogen) atoms. The maximum Gasteiger partial charge on any atom is 0.281 e. The van der Waals surface area contributed by atoms with Gasteiger partial charge in [0.1, 0.15) is 0 Å². The number of halogens is 2. The molecule has 1 aliphatic carbocycles. The van der Waals surface area contributed by atoms with Gasteiger partial charge in [-0.15, -0.1) is 0 Å². The third-order valence-electron chi connectivity index (χ3n) is 1.57. The Morgan fingerprint density at radius 3 is 1.71 bits per heavy atom. The van der Waals surface area contributed by atoms with Gasteiger partial charge in [0.15, 0.2) is 0 Å². The van der Waals surface area contributed by atoms with Crippen molar-refractivity contribution in [1.82, 2.24) is 0 Å². The molecule has 0 aromatic rings. The predicted molar refractivity (Wildman–Crippen MR) is 51.0 cm³/mol. The van der Waals surface area contributed by atoms with Gasteiger partial charge >= 0.3 is 64.2 Å². The fraction of sp³-hybridized carbons (Fsp3) is 0.500. The molecule has 0 atom stereocenters. The Morgan fingerprint density at radius 2 is 1.57 bits per heavy atom. The molecule has 0 aromatic carbocycles. The summed E-state index contributed by atoms with van der Waals surface area (Å²) in [6, 6.07) is 0. The van der Waals surface area contributed by atoms with Crippen molar-refractivity contribution in [2.75, 3.05) is 0 Å². The van der Waals surface area contributed by atoms with Gasteiger partial charge in [-0.2, -0.15) is 0 Å². The van der Waals surface area contributed by atoms with Gasteiger partial charge in [-0.3, -0.25) is 4.79 Å². The summed E-state index contributed by atoms with van der Waals surface area (Å²) in [6.45, 7) is 4.50. The number of hydrogen-bond acceptors (Lipinski definition) is 1. The van der Waals surface area contributed by atoms with Crippen LogP contribution >= 0.6 is 0 Å². The molecule has 1 nitrogen and oxygen atoms in total. The van der Waals surface area contributed by atoms with Crippen LogP contribution in [0.15, 0.2) is 22.7 Å². The number of hydrogen-bond donors (Lipinski definition) is 0. The summed E-state index contributed by atoms with van der Waals surface area (Å²) in [4.78, 5) is 7.50. The van der Waals surface area contributed by atoms with Crippen molar-refractivity contribution in [3.63, 3.8) is 0 Å². The molecule has 0 amide bonds. The minimum atomic E-state index is -1.37. The van der Waals surface area contributed by atoms with Crippen LogP contribution in [-0.4, -0.2) is 6.79 Å². The molecular formula is C10H17Br2CoO. The molecule has 86 valence electrons. The fourth-order valence-electron chi connectivity index (χ4n) is 0.906. The normalized spacial score (nSPS) is 16.0. The summed E-state index contributed by atoms with van der Waals surface area (Å²) in [6.07, 6.45) is 7.90. The molecule has 0 spiro atoms. The second-order valence-electron chi connectivity index (χ2n) is 3.88. The Hall–Kier alpha value is 0.616. The van der Waals surface area contributed by atoms with Crippen molar-refractivity contribution in [3.05, 3.63) is 22.7 Å². The zero-order valence-electron chi connectivity index (χ0n) is 8.94. The summed E-state index contributed by atoms with van der Waals surface area (Å²) in [7, 11) is 0. The molecule has 0 heterocycles. The second kappa shape index (κ2) is 6.98. The summed E-state index contributed by atoms with van der Waals surface area (Å²) < 4.78 is 1.66. The molecule has 0 saturated heterocycles. The van der Waals surface area contributed by atoms with E-state index in [-0.39, 0.29) is 34.0 Å². The van der Waals surface area contributed by atoms with Gasteiger partial charge in [-0.05, 0) is 0 Å². The SMILES string of the molecule is [Br-].[Br-].[CH3][Co+2]([CH3])([CH3])([CH3])[C]1=CC=CC1.[C]=O. The molecule has 0 saturated carbocycles. The first-order valence-electron chi connectivity index (χ1n) is 3.42. The minimum Gasteiger partial charge on any atom is -0.281 e. The number of allylic oxidation sites excluding steroid dienone is 4. The minimum absolute atomic E-state index is 0. The van der Waals surface area contributed by atoms with Gasteiger partial charge in [0.25, 0.3) is 6.79 Å². The molecule has 0 N–H and O–H groups in total. The standard InChI is InChI=1S/C5H5.CO.4CH3.2BrH.Co/c1-2-4-5-3-1;1-2;;;;;;;/h1-3H,4H2;;4*1H3;2*1H;/q;;;;;;;;+2/p-2. The first-order valence-corrected chi connectivity index (χ1v) is 8.11. The van der Waals surface area contributed by atoms with Crippen molar-refractivity contribution in [2.24, 2.45) is 0 Å². The largest absolute Gasteiger partial charge is 0.281 e. The maximum absolute atomic E-state index is 7.50. The topological polar surface area (TPSA) is 17.1 Å². The number of rotatable bonds is 1. The third-order valence-corrected chi connectivity index (χ3v) is 4.63. The van der Waals surface area contributed by atoms with Crippen molar-refractivity contribution in [2.45, 2.75) is 29.9 Å². The summed E-state index contributed by atoms with van der Waals surface area (Å²) in [5, 5.41) is 0. The first-order chi connectivity index (χ1) is 5.36. The smallest absolute Gasteiger partial charge is 0.281 e. The van der Waals surface area contributed by atoms with Crippen LogP contribution in [-0.2, 0) is 16.4 Å². The fourth-order valence-corrected chi connectivity index (χ4v) is 2.67. The third kappa shape index (κ3) is 6.98. The molecular weight excluding hydrogens is 355 g/mol. The van der Waals surface area contributed by atoms with E-state index in [4.69, 9.17) is 4.79 Å².